The number of benzene rings is 1. The fraction of sp³-hybridized carbons (Fsp3) is 0.261. The van der Waals surface area contributed by atoms with Crippen LogP contribution in [0.1, 0.15) is 53.1 Å². The summed E-state index contributed by atoms with van der Waals surface area (Å²) in [5.41, 5.74) is 6.56. The molecular weight excluding hydrogens is 380 g/mol. The molecule has 2 unspecified atom stereocenters. The van der Waals surface area contributed by atoms with Crippen molar-refractivity contribution in [2.75, 3.05) is 5.32 Å². The van der Waals surface area contributed by atoms with Crippen molar-refractivity contribution in [2.24, 2.45) is 0 Å². The molecule has 0 saturated heterocycles. The van der Waals surface area contributed by atoms with E-state index in [0.29, 0.717) is 17.4 Å². The van der Waals surface area contributed by atoms with Crippen molar-refractivity contribution in [3.05, 3.63) is 87.9 Å². The molecule has 1 aliphatic carbocycles. The number of pyridine rings is 1. The number of hydrogen-bond acceptors (Lipinski definition) is 6. The predicted octanol–water partition coefficient (Wildman–Crippen LogP) is 4.39. The van der Waals surface area contributed by atoms with Gasteiger partial charge in [0.25, 0.3) is 0 Å². The minimum Gasteiger partial charge on any atom is -0.472 e. The molecule has 0 amide bonds. The van der Waals surface area contributed by atoms with E-state index in [1.807, 2.05) is 30.5 Å². The molecule has 1 saturated carbocycles. The van der Waals surface area contributed by atoms with Crippen molar-refractivity contribution >= 4 is 5.69 Å². The zero-order valence-electron chi connectivity index (χ0n) is 16.2. The van der Waals surface area contributed by atoms with Gasteiger partial charge in [0, 0.05) is 22.9 Å². The predicted molar refractivity (Wildman–Crippen MR) is 110 cm³/mol. The lowest BCUT2D eigenvalue weighted by Gasteiger charge is -2.19. The highest BCUT2D eigenvalue weighted by atomic mass is 16.5. The minimum absolute atomic E-state index is 0.116. The number of furan rings is 1. The fourth-order valence-electron chi connectivity index (χ4n) is 4.43. The lowest BCUT2D eigenvalue weighted by atomic mass is 9.87. The molecule has 7 heteroatoms. The summed E-state index contributed by atoms with van der Waals surface area (Å²) in [6.45, 7) is 0. The number of anilines is 1. The van der Waals surface area contributed by atoms with Crippen LogP contribution in [-0.4, -0.2) is 15.1 Å². The molecule has 4 heterocycles. The van der Waals surface area contributed by atoms with E-state index in [9.17, 15) is 4.79 Å². The number of hydrogen-bond donors (Lipinski definition) is 2. The third kappa shape index (κ3) is 3.03. The molecule has 2 atom stereocenters. The standard InChI is InChI=1S/C23H20N4O3/c28-23-26-22(27-30-23)19-3-1-2-16(24-19)11-18-17-7-6-14(13-4-5-13)10-20(17)25-21(18)15-8-9-29-12-15/h1-3,6-10,12-13,18,21,25H,4-5,11H2,(H,26,27,28). The van der Waals surface area contributed by atoms with E-state index in [-0.39, 0.29) is 12.0 Å². The zero-order chi connectivity index (χ0) is 20.1. The molecule has 4 aromatic rings. The molecule has 0 spiro atoms. The number of rotatable bonds is 5. The first-order valence-corrected chi connectivity index (χ1v) is 10.2. The highest BCUT2D eigenvalue weighted by Gasteiger charge is 2.35. The molecule has 0 radical (unpaired) electrons. The van der Waals surface area contributed by atoms with Crippen molar-refractivity contribution in [2.45, 2.75) is 37.1 Å². The van der Waals surface area contributed by atoms with E-state index in [1.54, 1.807) is 6.26 Å². The number of aromatic amines is 1. The SMILES string of the molecule is O=c1[nH]c(-c2cccc(CC3c4ccc(C5CC5)cc4NC3c3ccoc3)n2)no1. The molecule has 2 N–H and O–H groups in total. The molecule has 30 heavy (non-hydrogen) atoms. The number of nitrogens with zero attached hydrogens (tertiary/aromatic N) is 2. The van der Waals surface area contributed by atoms with Crippen LogP contribution in [0.2, 0.25) is 0 Å². The molecule has 1 aromatic carbocycles. The van der Waals surface area contributed by atoms with E-state index >= 15 is 0 Å². The highest BCUT2D eigenvalue weighted by Crippen LogP contribution is 2.49. The highest BCUT2D eigenvalue weighted by molar-refractivity contribution is 5.63. The number of fused-ring (bicyclic) bond motifs is 1. The Kier molecular flexibility index (Phi) is 3.87. The fourth-order valence-corrected chi connectivity index (χ4v) is 4.43. The maximum absolute atomic E-state index is 11.3. The van der Waals surface area contributed by atoms with Gasteiger partial charge in [0.2, 0.25) is 5.82 Å². The summed E-state index contributed by atoms with van der Waals surface area (Å²) in [7, 11) is 0. The normalized spacial score (nSPS) is 20.1. The van der Waals surface area contributed by atoms with Gasteiger partial charge in [-0.15, -0.1) is 0 Å². The molecule has 150 valence electrons. The Labute approximate surface area is 172 Å². The van der Waals surface area contributed by atoms with Crippen molar-refractivity contribution in [1.29, 1.82) is 0 Å². The van der Waals surface area contributed by atoms with Gasteiger partial charge >= 0.3 is 5.76 Å². The van der Waals surface area contributed by atoms with Gasteiger partial charge in [0.05, 0.1) is 18.6 Å². The van der Waals surface area contributed by atoms with Gasteiger partial charge in [0.15, 0.2) is 0 Å². The molecule has 1 fully saturated rings. The number of nitrogens with one attached hydrogen (secondary N) is 2. The van der Waals surface area contributed by atoms with Crippen LogP contribution in [0, 0.1) is 0 Å². The van der Waals surface area contributed by atoms with E-state index < -0.39 is 5.76 Å². The molecule has 0 bridgehead atoms. The lowest BCUT2D eigenvalue weighted by Crippen LogP contribution is -2.14. The first kappa shape index (κ1) is 17.3. The van der Waals surface area contributed by atoms with Gasteiger partial charge in [-0.1, -0.05) is 23.4 Å². The van der Waals surface area contributed by atoms with Gasteiger partial charge in [-0.3, -0.25) is 9.51 Å². The maximum atomic E-state index is 11.3. The Morgan fingerprint density at radius 3 is 2.80 bits per heavy atom. The molecule has 1 aliphatic heterocycles. The average molecular weight is 400 g/mol. The molecule has 3 aromatic heterocycles. The van der Waals surface area contributed by atoms with Crippen LogP contribution in [0.3, 0.4) is 0 Å². The van der Waals surface area contributed by atoms with Crippen LogP contribution >= 0.6 is 0 Å². The Hall–Kier alpha value is -3.61. The number of aromatic nitrogens is 3. The maximum Gasteiger partial charge on any atom is 0.439 e. The minimum atomic E-state index is -0.586. The van der Waals surface area contributed by atoms with E-state index in [4.69, 9.17) is 9.40 Å². The smallest absolute Gasteiger partial charge is 0.439 e. The van der Waals surface area contributed by atoms with Crippen molar-refractivity contribution in [3.63, 3.8) is 0 Å². The van der Waals surface area contributed by atoms with Gasteiger partial charge < -0.3 is 9.73 Å². The first-order chi connectivity index (χ1) is 14.7. The van der Waals surface area contributed by atoms with Crippen molar-refractivity contribution in [3.8, 4) is 11.5 Å². The molecular formula is C23H20N4O3. The summed E-state index contributed by atoms with van der Waals surface area (Å²) >= 11 is 0. The van der Waals surface area contributed by atoms with E-state index in [0.717, 1.165) is 17.7 Å². The summed E-state index contributed by atoms with van der Waals surface area (Å²) in [6, 6.07) is 14.7. The summed E-state index contributed by atoms with van der Waals surface area (Å²) in [4.78, 5) is 18.6. The zero-order valence-corrected chi connectivity index (χ0v) is 16.2. The van der Waals surface area contributed by atoms with Crippen LogP contribution in [0.5, 0.6) is 0 Å². The first-order valence-electron chi connectivity index (χ1n) is 10.2. The van der Waals surface area contributed by atoms with Crippen LogP contribution in [0.25, 0.3) is 11.5 Å². The Balaban J connectivity index is 1.36. The van der Waals surface area contributed by atoms with E-state index in [1.165, 1.54) is 29.7 Å². The summed E-state index contributed by atoms with van der Waals surface area (Å²) < 4.78 is 9.99. The lowest BCUT2D eigenvalue weighted by molar-refractivity contribution is 0.387. The summed E-state index contributed by atoms with van der Waals surface area (Å²) in [5.74, 6) is 0.682. The Bertz CT molecular complexity index is 1250. The largest absolute Gasteiger partial charge is 0.472 e. The van der Waals surface area contributed by atoms with Gasteiger partial charge in [-0.05, 0) is 60.6 Å². The van der Waals surface area contributed by atoms with Crippen LogP contribution in [0.4, 0.5) is 5.69 Å². The average Bonchev–Trinajstić information content (AvgIpc) is 3.13. The third-order valence-corrected chi connectivity index (χ3v) is 6.06. The van der Waals surface area contributed by atoms with Crippen molar-refractivity contribution in [1.82, 2.24) is 15.1 Å². The van der Waals surface area contributed by atoms with Crippen molar-refractivity contribution < 1.29 is 8.94 Å². The second kappa shape index (κ2) is 6.73. The Morgan fingerprint density at radius 1 is 1.10 bits per heavy atom. The summed E-state index contributed by atoms with van der Waals surface area (Å²) in [6.07, 6.45) is 6.84. The Morgan fingerprint density at radius 2 is 2.03 bits per heavy atom. The van der Waals surface area contributed by atoms with Crippen LogP contribution < -0.4 is 11.1 Å². The number of H-pyrrole nitrogens is 1. The van der Waals surface area contributed by atoms with E-state index in [2.05, 4.69) is 38.2 Å². The second-order valence-electron chi connectivity index (χ2n) is 8.07. The summed E-state index contributed by atoms with van der Waals surface area (Å²) in [5, 5.41) is 7.47. The molecule has 7 nitrogen and oxygen atoms in total. The molecule has 6 rings (SSSR count). The topological polar surface area (TPSA) is 97.0 Å². The van der Waals surface area contributed by atoms with Crippen LogP contribution in [-0.2, 0) is 6.42 Å². The third-order valence-electron chi connectivity index (χ3n) is 6.06. The monoisotopic (exact) mass is 400 g/mol. The second-order valence-corrected chi connectivity index (χ2v) is 8.07. The van der Waals surface area contributed by atoms with Gasteiger partial charge in [0.1, 0.15) is 5.69 Å². The van der Waals surface area contributed by atoms with Gasteiger partial charge in [-0.25, -0.2) is 9.78 Å². The van der Waals surface area contributed by atoms with Crippen LogP contribution in [0.15, 0.2) is 68.7 Å². The quantitative estimate of drug-likeness (QED) is 0.516. The van der Waals surface area contributed by atoms with Gasteiger partial charge in [-0.2, -0.15) is 0 Å². The molecule has 2 aliphatic rings.